The lowest BCUT2D eigenvalue weighted by atomic mass is 10.1. The Balaban J connectivity index is 1.54. The zero-order valence-electron chi connectivity index (χ0n) is 20.6. The van der Waals surface area contributed by atoms with Crippen LogP contribution in [-0.4, -0.2) is 68.1 Å². The molecule has 2 heterocycles. The number of hydrogen-bond acceptors (Lipinski definition) is 6. The molecule has 1 atom stereocenters. The lowest BCUT2D eigenvalue weighted by Gasteiger charge is -2.31. The number of morpholine rings is 1. The summed E-state index contributed by atoms with van der Waals surface area (Å²) in [5, 5.41) is 5.35. The van der Waals surface area contributed by atoms with Crippen molar-refractivity contribution in [2.24, 2.45) is 5.92 Å². The van der Waals surface area contributed by atoms with Gasteiger partial charge in [0.25, 0.3) is 11.8 Å². The number of likely N-dealkylation sites (N-methyl/N-ethyl adjacent to an activating group) is 1. The highest BCUT2D eigenvalue weighted by atomic mass is 35.5. The van der Waals surface area contributed by atoms with Gasteiger partial charge in [0.2, 0.25) is 5.91 Å². The number of benzene rings is 1. The second-order valence-electron chi connectivity index (χ2n) is 9.18. The Morgan fingerprint density at radius 2 is 2.03 bits per heavy atom. The highest BCUT2D eigenvalue weighted by molar-refractivity contribution is 7.18. The van der Waals surface area contributed by atoms with E-state index in [1.54, 1.807) is 12.1 Å². The van der Waals surface area contributed by atoms with E-state index in [1.807, 2.05) is 11.8 Å². The van der Waals surface area contributed by atoms with E-state index in [-0.39, 0.29) is 43.6 Å². The van der Waals surface area contributed by atoms with Crippen molar-refractivity contribution in [2.45, 2.75) is 32.0 Å². The molecule has 2 fully saturated rings. The molecule has 1 aromatic carbocycles. The van der Waals surface area contributed by atoms with Gasteiger partial charge in [-0.1, -0.05) is 18.5 Å². The highest BCUT2D eigenvalue weighted by Gasteiger charge is 2.38. The normalized spacial score (nSPS) is 17.0. The number of amides is 3. The van der Waals surface area contributed by atoms with Gasteiger partial charge in [-0.3, -0.25) is 19.3 Å². The summed E-state index contributed by atoms with van der Waals surface area (Å²) in [4.78, 5) is 41.5. The average molecular weight is 573 g/mol. The van der Waals surface area contributed by atoms with Gasteiger partial charge < -0.3 is 20.3 Å². The molecule has 206 valence electrons. The highest BCUT2D eigenvalue weighted by Crippen LogP contribution is 2.39. The van der Waals surface area contributed by atoms with Crippen LogP contribution in [0.25, 0.3) is 0 Å². The molecular formula is C25H28ClF3N4O4S. The Hall–Kier alpha value is -2.67. The summed E-state index contributed by atoms with van der Waals surface area (Å²) in [5.41, 5.74) is -1.38. The van der Waals surface area contributed by atoms with Gasteiger partial charge in [0.05, 0.1) is 27.1 Å². The third kappa shape index (κ3) is 7.04. The molecule has 2 aromatic rings. The van der Waals surface area contributed by atoms with Crippen LogP contribution in [0.2, 0.25) is 4.34 Å². The van der Waals surface area contributed by atoms with Crippen molar-refractivity contribution in [3.8, 4) is 0 Å². The molecule has 4 rings (SSSR count). The zero-order chi connectivity index (χ0) is 27.4. The fraction of sp³-hybridized carbons (Fsp3) is 0.480. The van der Waals surface area contributed by atoms with Crippen LogP contribution in [0.1, 0.15) is 35.0 Å². The SMILES string of the molecule is CCN(CC1CC1)[C@H](CNC(=O)c1ccc(Cl)s1)C(=O)Nc1ccc(N2CCOCC2=O)c(C(F)(F)F)c1. The van der Waals surface area contributed by atoms with Gasteiger partial charge in [-0.25, -0.2) is 0 Å². The maximum atomic E-state index is 14.0. The number of ether oxygens (including phenoxy) is 1. The van der Waals surface area contributed by atoms with Gasteiger partial charge in [0.15, 0.2) is 0 Å². The van der Waals surface area contributed by atoms with Crippen LogP contribution < -0.4 is 15.5 Å². The molecule has 1 saturated heterocycles. The number of carbonyl (C=O) groups excluding carboxylic acids is 3. The van der Waals surface area contributed by atoms with Crippen LogP contribution in [0.15, 0.2) is 30.3 Å². The lowest BCUT2D eigenvalue weighted by molar-refractivity contribution is -0.137. The van der Waals surface area contributed by atoms with Crippen molar-refractivity contribution in [2.75, 3.05) is 49.6 Å². The van der Waals surface area contributed by atoms with Crippen molar-refractivity contribution in [3.63, 3.8) is 0 Å². The topological polar surface area (TPSA) is 91.0 Å². The zero-order valence-corrected chi connectivity index (χ0v) is 22.2. The number of rotatable bonds is 10. The van der Waals surface area contributed by atoms with Crippen molar-refractivity contribution in [1.82, 2.24) is 10.2 Å². The quantitative estimate of drug-likeness (QED) is 0.444. The molecule has 38 heavy (non-hydrogen) atoms. The van der Waals surface area contributed by atoms with Crippen LogP contribution in [0.4, 0.5) is 24.5 Å². The van der Waals surface area contributed by atoms with Crippen LogP contribution in [0, 0.1) is 5.92 Å². The summed E-state index contributed by atoms with van der Waals surface area (Å²) in [6, 6.07) is 5.72. The molecule has 2 N–H and O–H groups in total. The minimum atomic E-state index is -4.76. The summed E-state index contributed by atoms with van der Waals surface area (Å²) in [6.45, 7) is 2.83. The van der Waals surface area contributed by atoms with Crippen LogP contribution >= 0.6 is 22.9 Å². The number of nitrogens with zero attached hydrogens (tertiary/aromatic N) is 2. The Labute approximate surface area is 227 Å². The van der Waals surface area contributed by atoms with Gasteiger partial charge in [0, 0.05) is 25.3 Å². The van der Waals surface area contributed by atoms with E-state index in [0.29, 0.717) is 28.2 Å². The lowest BCUT2D eigenvalue weighted by Crippen LogP contribution is -2.51. The molecule has 3 amide bonds. The van der Waals surface area contributed by atoms with Gasteiger partial charge in [-0.2, -0.15) is 13.2 Å². The molecule has 1 aromatic heterocycles. The Morgan fingerprint density at radius 3 is 2.63 bits per heavy atom. The van der Waals surface area contributed by atoms with Gasteiger partial charge in [-0.05, 0) is 55.6 Å². The van der Waals surface area contributed by atoms with Crippen LogP contribution in [0.3, 0.4) is 0 Å². The Bertz CT molecular complexity index is 1190. The molecule has 8 nitrogen and oxygen atoms in total. The number of hydrogen-bond donors (Lipinski definition) is 2. The molecular weight excluding hydrogens is 545 g/mol. The van der Waals surface area contributed by atoms with E-state index >= 15 is 0 Å². The molecule has 1 saturated carbocycles. The number of anilines is 2. The van der Waals surface area contributed by atoms with E-state index < -0.39 is 29.6 Å². The largest absolute Gasteiger partial charge is 0.418 e. The number of alkyl halides is 3. The summed E-state index contributed by atoms with van der Waals surface area (Å²) >= 11 is 7.02. The molecule has 0 bridgehead atoms. The van der Waals surface area contributed by atoms with E-state index in [0.717, 1.165) is 35.1 Å². The van der Waals surface area contributed by atoms with E-state index in [2.05, 4.69) is 10.6 Å². The van der Waals surface area contributed by atoms with Crippen molar-refractivity contribution < 1.29 is 32.3 Å². The summed E-state index contributed by atoms with van der Waals surface area (Å²) in [5.74, 6) is -1.05. The minimum Gasteiger partial charge on any atom is -0.370 e. The van der Waals surface area contributed by atoms with Gasteiger partial charge in [0.1, 0.15) is 12.6 Å². The second-order valence-corrected chi connectivity index (χ2v) is 10.9. The molecule has 1 aliphatic carbocycles. The van der Waals surface area contributed by atoms with Crippen molar-refractivity contribution >= 4 is 52.0 Å². The summed E-state index contributed by atoms with van der Waals surface area (Å²) in [6.07, 6.45) is -2.67. The van der Waals surface area contributed by atoms with E-state index in [9.17, 15) is 27.6 Å². The summed E-state index contributed by atoms with van der Waals surface area (Å²) in [7, 11) is 0. The predicted molar refractivity (Wildman–Crippen MR) is 139 cm³/mol. The van der Waals surface area contributed by atoms with Crippen LogP contribution in [-0.2, 0) is 20.5 Å². The maximum Gasteiger partial charge on any atom is 0.418 e. The Morgan fingerprint density at radius 1 is 1.26 bits per heavy atom. The first-order chi connectivity index (χ1) is 18.1. The molecule has 13 heteroatoms. The number of thiophene rings is 1. The Kier molecular flexibility index (Phi) is 8.96. The fourth-order valence-corrected chi connectivity index (χ4v) is 5.24. The third-order valence-corrected chi connectivity index (χ3v) is 7.67. The molecule has 0 spiro atoms. The minimum absolute atomic E-state index is 0.00251. The standard InChI is InChI=1S/C25H28ClF3N4O4S/c1-2-32(13-15-3-4-15)19(12-30-24(36)20-7-8-21(26)38-20)23(35)31-16-5-6-18(17(11-16)25(27,28)29)33-9-10-37-14-22(33)34/h5-8,11,15,19H,2-4,9-10,12-14H2,1H3,(H,30,36)(H,31,35)/t19-/m1/s1. The molecule has 2 aliphatic rings. The maximum absolute atomic E-state index is 14.0. The van der Waals surface area contributed by atoms with Gasteiger partial charge in [-0.15, -0.1) is 11.3 Å². The van der Waals surface area contributed by atoms with Crippen molar-refractivity contribution in [3.05, 3.63) is 45.1 Å². The number of nitrogens with one attached hydrogen (secondary N) is 2. The number of halogens is 4. The first kappa shape index (κ1) is 28.3. The fourth-order valence-electron chi connectivity index (χ4n) is 4.28. The van der Waals surface area contributed by atoms with Gasteiger partial charge >= 0.3 is 6.18 Å². The average Bonchev–Trinajstić information content (AvgIpc) is 3.59. The molecule has 0 radical (unpaired) electrons. The number of carbonyl (C=O) groups is 3. The smallest absolute Gasteiger partial charge is 0.370 e. The summed E-state index contributed by atoms with van der Waals surface area (Å²) < 4.78 is 47.4. The monoisotopic (exact) mass is 572 g/mol. The van der Waals surface area contributed by atoms with Crippen molar-refractivity contribution in [1.29, 1.82) is 0 Å². The van der Waals surface area contributed by atoms with Crippen LogP contribution in [0.5, 0.6) is 0 Å². The van der Waals surface area contributed by atoms with E-state index in [1.165, 1.54) is 12.1 Å². The first-order valence-corrected chi connectivity index (χ1v) is 13.4. The third-order valence-electron chi connectivity index (χ3n) is 6.44. The predicted octanol–water partition coefficient (Wildman–Crippen LogP) is 4.25. The molecule has 0 unspecified atom stereocenters. The second kappa shape index (κ2) is 12.0. The van der Waals surface area contributed by atoms with E-state index in [4.69, 9.17) is 16.3 Å². The first-order valence-electron chi connectivity index (χ1n) is 12.2. The molecule has 1 aliphatic heterocycles.